The lowest BCUT2D eigenvalue weighted by molar-refractivity contribution is 0.0974. The van der Waals surface area contributed by atoms with E-state index in [9.17, 15) is 5.11 Å². The fourth-order valence-electron chi connectivity index (χ4n) is 3.50. The largest absolute Gasteiger partial charge is 0.497 e. The molecule has 3 rings (SSSR count). The van der Waals surface area contributed by atoms with Crippen LogP contribution in [0, 0.1) is 0 Å². The first kappa shape index (κ1) is 15.8. The standard InChI is InChI=1S/C21H24O2/c1-4-5-9-19-20(15-11-13-16(23-3)14-12-15)17-8-6-7-10-18(17)21(19,2)22/h6-8,10-14,22H,4-5,9H2,1-3H3. The maximum atomic E-state index is 11.2. The third kappa shape index (κ3) is 2.68. The van der Waals surface area contributed by atoms with Crippen LogP contribution in [0.15, 0.2) is 54.1 Å². The van der Waals surface area contributed by atoms with E-state index in [-0.39, 0.29) is 0 Å². The van der Waals surface area contributed by atoms with E-state index in [1.807, 2.05) is 37.3 Å². The first-order valence-corrected chi connectivity index (χ1v) is 8.30. The van der Waals surface area contributed by atoms with Crippen LogP contribution in [0.25, 0.3) is 5.57 Å². The van der Waals surface area contributed by atoms with E-state index in [1.54, 1.807) is 7.11 Å². The van der Waals surface area contributed by atoms with Crippen molar-refractivity contribution in [3.63, 3.8) is 0 Å². The first-order chi connectivity index (χ1) is 11.1. The molecule has 0 saturated heterocycles. The summed E-state index contributed by atoms with van der Waals surface area (Å²) >= 11 is 0. The molecule has 2 heteroatoms. The van der Waals surface area contributed by atoms with Gasteiger partial charge < -0.3 is 9.84 Å². The molecule has 2 aromatic rings. The van der Waals surface area contributed by atoms with Gasteiger partial charge in [-0.3, -0.25) is 0 Å². The lowest BCUT2D eigenvalue weighted by Gasteiger charge is -2.23. The molecule has 0 aliphatic heterocycles. The van der Waals surface area contributed by atoms with Gasteiger partial charge in [0.05, 0.1) is 7.11 Å². The van der Waals surface area contributed by atoms with E-state index in [0.29, 0.717) is 0 Å². The van der Waals surface area contributed by atoms with Crippen molar-refractivity contribution in [3.05, 3.63) is 70.8 Å². The van der Waals surface area contributed by atoms with E-state index in [0.717, 1.165) is 47.3 Å². The molecule has 1 aliphatic carbocycles. The normalized spacial score (nSPS) is 19.8. The van der Waals surface area contributed by atoms with Crippen molar-refractivity contribution < 1.29 is 9.84 Å². The van der Waals surface area contributed by atoms with Gasteiger partial charge in [0, 0.05) is 0 Å². The summed E-state index contributed by atoms with van der Waals surface area (Å²) in [5, 5.41) is 11.2. The Bertz CT molecular complexity index is 724. The molecule has 0 spiro atoms. The Kier molecular flexibility index (Phi) is 4.27. The lowest BCUT2D eigenvalue weighted by atomic mass is 9.88. The van der Waals surface area contributed by atoms with Crippen LogP contribution in [-0.4, -0.2) is 12.2 Å². The summed E-state index contributed by atoms with van der Waals surface area (Å²) < 4.78 is 5.27. The summed E-state index contributed by atoms with van der Waals surface area (Å²) in [7, 11) is 1.68. The molecule has 0 fully saturated rings. The first-order valence-electron chi connectivity index (χ1n) is 8.30. The zero-order chi connectivity index (χ0) is 16.4. The van der Waals surface area contributed by atoms with Gasteiger partial charge in [-0.1, -0.05) is 49.7 Å². The zero-order valence-corrected chi connectivity index (χ0v) is 14.1. The average molecular weight is 308 g/mol. The number of fused-ring (bicyclic) bond motifs is 1. The molecule has 120 valence electrons. The van der Waals surface area contributed by atoms with E-state index in [1.165, 1.54) is 5.57 Å². The SMILES string of the molecule is CCCCC1=C(c2ccc(OC)cc2)c2ccccc2C1(C)O. The molecule has 2 aromatic carbocycles. The van der Waals surface area contributed by atoms with Crippen molar-refractivity contribution in [2.45, 2.75) is 38.7 Å². The number of aliphatic hydroxyl groups is 1. The van der Waals surface area contributed by atoms with Crippen LogP contribution in [0.5, 0.6) is 5.75 Å². The Morgan fingerprint density at radius 2 is 1.74 bits per heavy atom. The van der Waals surface area contributed by atoms with Crippen LogP contribution in [0.1, 0.15) is 49.8 Å². The number of methoxy groups -OCH3 is 1. The van der Waals surface area contributed by atoms with Gasteiger partial charge in [0.25, 0.3) is 0 Å². The molecular formula is C21H24O2. The van der Waals surface area contributed by atoms with Gasteiger partial charge in [0.15, 0.2) is 0 Å². The Hall–Kier alpha value is -2.06. The number of hydrogen-bond acceptors (Lipinski definition) is 2. The van der Waals surface area contributed by atoms with Gasteiger partial charge in [0.1, 0.15) is 11.4 Å². The van der Waals surface area contributed by atoms with E-state index in [4.69, 9.17) is 4.74 Å². The number of benzene rings is 2. The molecule has 1 aliphatic rings. The summed E-state index contributed by atoms with van der Waals surface area (Å²) in [5.74, 6) is 0.850. The van der Waals surface area contributed by atoms with Crippen LogP contribution in [-0.2, 0) is 5.60 Å². The van der Waals surface area contributed by atoms with Crippen molar-refractivity contribution >= 4 is 5.57 Å². The highest BCUT2D eigenvalue weighted by molar-refractivity contribution is 5.89. The van der Waals surface area contributed by atoms with Crippen molar-refractivity contribution in [1.82, 2.24) is 0 Å². The van der Waals surface area contributed by atoms with Gasteiger partial charge in [-0.05, 0) is 59.7 Å². The van der Waals surface area contributed by atoms with Crippen LogP contribution in [0.4, 0.5) is 0 Å². The minimum absolute atomic E-state index is 0.850. The highest BCUT2D eigenvalue weighted by Crippen LogP contribution is 2.49. The monoisotopic (exact) mass is 308 g/mol. The number of unbranched alkanes of at least 4 members (excludes halogenated alkanes) is 1. The molecule has 2 nitrogen and oxygen atoms in total. The molecule has 23 heavy (non-hydrogen) atoms. The van der Waals surface area contributed by atoms with Gasteiger partial charge in [0.2, 0.25) is 0 Å². The predicted molar refractivity (Wildman–Crippen MR) is 94.6 cm³/mol. The third-order valence-corrected chi connectivity index (χ3v) is 4.77. The fraction of sp³-hybridized carbons (Fsp3) is 0.333. The number of ether oxygens (including phenoxy) is 1. The van der Waals surface area contributed by atoms with E-state index >= 15 is 0 Å². The van der Waals surface area contributed by atoms with Gasteiger partial charge >= 0.3 is 0 Å². The highest BCUT2D eigenvalue weighted by atomic mass is 16.5. The van der Waals surface area contributed by atoms with E-state index < -0.39 is 5.60 Å². The number of rotatable bonds is 5. The van der Waals surface area contributed by atoms with Gasteiger partial charge in [-0.25, -0.2) is 0 Å². The van der Waals surface area contributed by atoms with Crippen molar-refractivity contribution in [1.29, 1.82) is 0 Å². The highest BCUT2D eigenvalue weighted by Gasteiger charge is 2.39. The molecule has 0 radical (unpaired) electrons. The lowest BCUT2D eigenvalue weighted by Crippen LogP contribution is -2.21. The predicted octanol–water partition coefficient (Wildman–Crippen LogP) is 4.91. The quantitative estimate of drug-likeness (QED) is 0.850. The summed E-state index contributed by atoms with van der Waals surface area (Å²) in [6.45, 7) is 4.11. The second kappa shape index (κ2) is 6.21. The average Bonchev–Trinajstić information content (AvgIpc) is 2.80. The molecular weight excluding hydrogens is 284 g/mol. The van der Waals surface area contributed by atoms with Crippen LogP contribution < -0.4 is 4.74 Å². The van der Waals surface area contributed by atoms with Crippen LogP contribution in [0.2, 0.25) is 0 Å². The molecule has 0 amide bonds. The number of hydrogen-bond donors (Lipinski definition) is 1. The Labute approximate surface area is 138 Å². The van der Waals surface area contributed by atoms with Crippen LogP contribution in [0.3, 0.4) is 0 Å². The molecule has 1 unspecified atom stereocenters. The maximum Gasteiger partial charge on any atom is 0.118 e. The Morgan fingerprint density at radius 1 is 1.04 bits per heavy atom. The van der Waals surface area contributed by atoms with Crippen molar-refractivity contribution in [2.75, 3.05) is 7.11 Å². The topological polar surface area (TPSA) is 29.5 Å². The van der Waals surface area contributed by atoms with Crippen molar-refractivity contribution in [3.8, 4) is 5.75 Å². The molecule has 1 N–H and O–H groups in total. The van der Waals surface area contributed by atoms with Gasteiger partial charge in [-0.2, -0.15) is 0 Å². The fourth-order valence-corrected chi connectivity index (χ4v) is 3.50. The maximum absolute atomic E-state index is 11.2. The van der Waals surface area contributed by atoms with E-state index in [2.05, 4.69) is 25.1 Å². The Balaban J connectivity index is 2.17. The van der Waals surface area contributed by atoms with Gasteiger partial charge in [-0.15, -0.1) is 0 Å². The third-order valence-electron chi connectivity index (χ3n) is 4.77. The second-order valence-corrected chi connectivity index (χ2v) is 6.30. The summed E-state index contributed by atoms with van der Waals surface area (Å²) in [4.78, 5) is 0. The summed E-state index contributed by atoms with van der Waals surface area (Å²) in [6, 6.07) is 16.3. The minimum Gasteiger partial charge on any atom is -0.497 e. The second-order valence-electron chi connectivity index (χ2n) is 6.30. The minimum atomic E-state index is -0.888. The Morgan fingerprint density at radius 3 is 2.39 bits per heavy atom. The molecule has 0 bridgehead atoms. The molecule has 0 saturated carbocycles. The smallest absolute Gasteiger partial charge is 0.118 e. The summed E-state index contributed by atoms with van der Waals surface area (Å²) in [5.41, 5.74) is 4.72. The molecule has 0 aromatic heterocycles. The summed E-state index contributed by atoms with van der Waals surface area (Å²) in [6.07, 6.45) is 3.12. The molecule has 1 atom stereocenters. The van der Waals surface area contributed by atoms with Crippen LogP contribution >= 0.6 is 0 Å². The zero-order valence-electron chi connectivity index (χ0n) is 14.1. The van der Waals surface area contributed by atoms with Crippen molar-refractivity contribution in [2.24, 2.45) is 0 Å². The molecule has 0 heterocycles.